The van der Waals surface area contributed by atoms with Gasteiger partial charge in [-0.1, -0.05) is 29.8 Å². The lowest BCUT2D eigenvalue weighted by molar-refractivity contribution is 0.0791. The van der Waals surface area contributed by atoms with E-state index in [0.717, 1.165) is 16.3 Å². The summed E-state index contributed by atoms with van der Waals surface area (Å²) in [6, 6.07) is 6.86. The van der Waals surface area contributed by atoms with Crippen molar-refractivity contribution in [3.8, 4) is 0 Å². The van der Waals surface area contributed by atoms with E-state index in [2.05, 4.69) is 34.8 Å². The van der Waals surface area contributed by atoms with Gasteiger partial charge in [0.2, 0.25) is 5.56 Å². The number of amides is 1. The summed E-state index contributed by atoms with van der Waals surface area (Å²) in [4.78, 5) is 28.9. The molecular weight excluding hydrogens is 394 g/mol. The zero-order valence-electron chi connectivity index (χ0n) is 14.0. The molecule has 5 nitrogen and oxygen atoms in total. The van der Waals surface area contributed by atoms with Gasteiger partial charge in [0.15, 0.2) is 0 Å². The minimum atomic E-state index is -0.282. The second-order valence-electron chi connectivity index (χ2n) is 6.16. The quantitative estimate of drug-likeness (QED) is 0.786. The largest absolute Gasteiger partial charge is 0.342 e. The summed E-state index contributed by atoms with van der Waals surface area (Å²) in [7, 11) is 1.74. The van der Waals surface area contributed by atoms with E-state index >= 15 is 0 Å². The van der Waals surface area contributed by atoms with E-state index < -0.39 is 0 Å². The second-order valence-corrected chi connectivity index (χ2v) is 7.08. The topological polar surface area (TPSA) is 79.2 Å². The van der Waals surface area contributed by atoms with Crippen molar-refractivity contribution in [3.63, 3.8) is 0 Å². The van der Waals surface area contributed by atoms with Crippen LogP contribution < -0.4 is 11.3 Å². The van der Waals surface area contributed by atoms with Crippen molar-refractivity contribution in [1.82, 2.24) is 9.88 Å². The van der Waals surface area contributed by atoms with Crippen LogP contribution in [-0.4, -0.2) is 35.4 Å². The Morgan fingerprint density at radius 3 is 2.62 bits per heavy atom. The number of carbonyl (C=O) groups excluding carboxylic acids is 1. The maximum atomic E-state index is 12.7. The molecule has 0 bridgehead atoms. The van der Waals surface area contributed by atoms with Crippen LogP contribution in [0.1, 0.15) is 30.6 Å². The predicted molar refractivity (Wildman–Crippen MR) is 104 cm³/mol. The maximum absolute atomic E-state index is 12.7. The Morgan fingerprint density at radius 2 is 2.00 bits per heavy atom. The molecule has 3 N–H and O–H groups in total. The van der Waals surface area contributed by atoms with E-state index in [1.54, 1.807) is 18.0 Å². The third-order valence-electron chi connectivity index (χ3n) is 4.04. The van der Waals surface area contributed by atoms with Crippen LogP contribution in [0.2, 0.25) is 0 Å². The number of hydrogen-bond donors (Lipinski definition) is 2. The number of pyridine rings is 1. The first-order valence-electron chi connectivity index (χ1n) is 7.63. The molecule has 7 heteroatoms. The molecule has 2 aromatic rings. The van der Waals surface area contributed by atoms with Crippen LogP contribution in [0.25, 0.3) is 10.9 Å². The van der Waals surface area contributed by atoms with Gasteiger partial charge in [-0.2, -0.15) is 0 Å². The van der Waals surface area contributed by atoms with E-state index in [1.165, 1.54) is 6.07 Å². The third-order valence-corrected chi connectivity index (χ3v) is 4.53. The van der Waals surface area contributed by atoms with Gasteiger partial charge >= 0.3 is 0 Å². The monoisotopic (exact) mass is 415 g/mol. The lowest BCUT2D eigenvalue weighted by Crippen LogP contribution is -2.35. The highest BCUT2D eigenvalue weighted by Gasteiger charge is 2.17. The number of nitrogens with one attached hydrogen (secondary N) is 1. The molecule has 1 amide bonds. The molecule has 132 valence electrons. The summed E-state index contributed by atoms with van der Waals surface area (Å²) in [6.45, 7) is 4.68. The molecule has 1 unspecified atom stereocenters. The van der Waals surface area contributed by atoms with Gasteiger partial charge in [-0.3, -0.25) is 9.59 Å². The molecule has 0 aliphatic rings. The molecular formula is C17H23BrClN3O2. The molecule has 1 aromatic carbocycles. The number of aromatic nitrogens is 1. The van der Waals surface area contributed by atoms with Gasteiger partial charge in [0.1, 0.15) is 0 Å². The van der Waals surface area contributed by atoms with Gasteiger partial charge in [-0.05, 0) is 30.5 Å². The highest BCUT2D eigenvalue weighted by atomic mass is 79.9. The summed E-state index contributed by atoms with van der Waals surface area (Å²) >= 11 is 3.40. The number of nitrogens with zero attached hydrogens (tertiary/aromatic N) is 1. The number of H-pyrrole nitrogens is 1. The molecule has 0 saturated heterocycles. The number of carbonyl (C=O) groups is 1. The van der Waals surface area contributed by atoms with Gasteiger partial charge in [0, 0.05) is 41.1 Å². The van der Waals surface area contributed by atoms with E-state index in [4.69, 9.17) is 5.73 Å². The van der Waals surface area contributed by atoms with Crippen LogP contribution in [0.5, 0.6) is 0 Å². The van der Waals surface area contributed by atoms with Crippen LogP contribution in [0, 0.1) is 5.92 Å². The molecule has 1 heterocycles. The second kappa shape index (κ2) is 8.65. The fourth-order valence-corrected chi connectivity index (χ4v) is 2.75. The van der Waals surface area contributed by atoms with E-state index in [0.29, 0.717) is 23.5 Å². The molecule has 0 aliphatic carbocycles. The highest BCUT2D eigenvalue weighted by molar-refractivity contribution is 9.10. The smallest absolute Gasteiger partial charge is 0.254 e. The van der Waals surface area contributed by atoms with Crippen LogP contribution in [0.3, 0.4) is 0 Å². The fourth-order valence-electron chi connectivity index (χ4n) is 2.39. The lowest BCUT2D eigenvalue weighted by Gasteiger charge is -2.22. The highest BCUT2D eigenvalue weighted by Crippen LogP contribution is 2.21. The lowest BCUT2D eigenvalue weighted by atomic mass is 10.0. The van der Waals surface area contributed by atoms with Crippen molar-refractivity contribution in [2.45, 2.75) is 26.3 Å². The van der Waals surface area contributed by atoms with Crippen molar-refractivity contribution >= 4 is 45.1 Å². The van der Waals surface area contributed by atoms with Crippen LogP contribution in [0.4, 0.5) is 0 Å². The van der Waals surface area contributed by atoms with Crippen molar-refractivity contribution in [2.24, 2.45) is 11.7 Å². The number of halogens is 2. The molecule has 2 rings (SSSR count). The molecule has 0 aliphatic heterocycles. The number of hydrogen-bond acceptors (Lipinski definition) is 3. The van der Waals surface area contributed by atoms with Gasteiger partial charge in [-0.15, -0.1) is 12.4 Å². The van der Waals surface area contributed by atoms with Crippen molar-refractivity contribution < 1.29 is 4.79 Å². The maximum Gasteiger partial charge on any atom is 0.254 e. The minimum Gasteiger partial charge on any atom is -0.342 e. The standard InChI is InChI=1S/C17H22BrN3O2.ClH/c1-10(2)14(19)6-7-21(3)17(23)13-9-16(22)20-15-5-4-11(18)8-12(13)15;/h4-5,8-10,14H,6-7,19H2,1-3H3,(H,20,22);1H. The van der Waals surface area contributed by atoms with Crippen LogP contribution in [0.15, 0.2) is 33.5 Å². The number of rotatable bonds is 5. The Bertz CT molecular complexity index is 776. The van der Waals surface area contributed by atoms with Gasteiger partial charge in [-0.25, -0.2) is 0 Å². The predicted octanol–water partition coefficient (Wildman–Crippen LogP) is 3.16. The number of benzene rings is 1. The number of nitrogens with two attached hydrogens (primary N) is 1. The molecule has 0 radical (unpaired) electrons. The third kappa shape index (κ3) is 4.82. The Labute approximate surface area is 156 Å². The summed E-state index contributed by atoms with van der Waals surface area (Å²) in [5, 5.41) is 0.726. The summed E-state index contributed by atoms with van der Waals surface area (Å²) in [6.07, 6.45) is 0.727. The zero-order chi connectivity index (χ0) is 17.1. The molecule has 0 fully saturated rings. The summed E-state index contributed by atoms with van der Waals surface area (Å²) in [5.74, 6) is 0.199. The van der Waals surface area contributed by atoms with Gasteiger partial charge in [0.05, 0.1) is 5.56 Å². The first kappa shape index (κ1) is 20.7. The van der Waals surface area contributed by atoms with Gasteiger partial charge < -0.3 is 15.6 Å². The van der Waals surface area contributed by atoms with Crippen molar-refractivity contribution in [2.75, 3.05) is 13.6 Å². The molecule has 0 saturated carbocycles. The SMILES string of the molecule is CC(C)C(N)CCN(C)C(=O)c1cc(=O)[nH]c2ccc(Br)cc12.Cl. The minimum absolute atomic E-state index is 0. The van der Waals surface area contributed by atoms with Crippen molar-refractivity contribution in [3.05, 3.63) is 44.7 Å². The number of aromatic amines is 1. The Kier molecular flexibility index (Phi) is 7.45. The Balaban J connectivity index is 0.00000288. The zero-order valence-corrected chi connectivity index (χ0v) is 16.4. The van der Waals surface area contributed by atoms with Crippen molar-refractivity contribution in [1.29, 1.82) is 0 Å². The van der Waals surface area contributed by atoms with E-state index in [1.807, 2.05) is 12.1 Å². The molecule has 1 atom stereocenters. The fraction of sp³-hybridized carbons (Fsp3) is 0.412. The average Bonchev–Trinajstić information content (AvgIpc) is 2.51. The summed E-state index contributed by atoms with van der Waals surface area (Å²) in [5.41, 5.74) is 6.81. The first-order valence-corrected chi connectivity index (χ1v) is 8.42. The van der Waals surface area contributed by atoms with Gasteiger partial charge in [0.25, 0.3) is 5.91 Å². The molecule has 24 heavy (non-hydrogen) atoms. The summed E-state index contributed by atoms with van der Waals surface area (Å²) < 4.78 is 0.857. The number of fused-ring (bicyclic) bond motifs is 1. The normalized spacial score (nSPS) is 12.1. The van der Waals surface area contributed by atoms with Crippen LogP contribution in [-0.2, 0) is 0 Å². The average molecular weight is 417 g/mol. The molecule has 1 aromatic heterocycles. The van der Waals surface area contributed by atoms with Crippen LogP contribution >= 0.6 is 28.3 Å². The Morgan fingerprint density at radius 1 is 1.33 bits per heavy atom. The molecule has 0 spiro atoms. The van der Waals surface area contributed by atoms with E-state index in [-0.39, 0.29) is 29.9 Å². The Hall–Kier alpha value is -1.37. The van der Waals surface area contributed by atoms with E-state index in [9.17, 15) is 9.59 Å². The first-order chi connectivity index (χ1) is 10.8.